The Labute approximate surface area is 175 Å². The number of hydrogen-bond acceptors (Lipinski definition) is 6. The summed E-state index contributed by atoms with van der Waals surface area (Å²) in [7, 11) is 1.77. The van der Waals surface area contributed by atoms with E-state index in [1.165, 1.54) is 32.1 Å². The summed E-state index contributed by atoms with van der Waals surface area (Å²) in [5, 5.41) is 16.7. The van der Waals surface area contributed by atoms with Gasteiger partial charge in [-0.2, -0.15) is 0 Å². The van der Waals surface area contributed by atoms with Crippen molar-refractivity contribution in [2.45, 2.75) is 77.7 Å². The van der Waals surface area contributed by atoms with Gasteiger partial charge in [-0.05, 0) is 50.7 Å². The van der Waals surface area contributed by atoms with Crippen molar-refractivity contribution in [2.24, 2.45) is 16.6 Å². The molecule has 1 aliphatic rings. The van der Waals surface area contributed by atoms with Gasteiger partial charge in [-0.25, -0.2) is 9.98 Å². The molecule has 1 aliphatic carbocycles. The number of rotatable bonds is 11. The monoisotopic (exact) mass is 405 g/mol. The highest BCUT2D eigenvalue weighted by atomic mass is 16.5. The minimum Gasteiger partial charge on any atom is -0.383 e. The Bertz CT molecular complexity index is 644. The standard InChI is InChI=1S/C22H39N5O2/c1-5-17(13-24-18-9-7-6-8-10-18)20(29-4)14-26-22-19(11-15(2)12-25-22)21(23)27-16(3)28/h11-12,16-18,20,24,28H,5-10,13-14H2,1-4H3,(H2,23,27)(H,25,26). The van der Waals surface area contributed by atoms with Crippen molar-refractivity contribution in [3.05, 3.63) is 23.4 Å². The summed E-state index contributed by atoms with van der Waals surface area (Å²) in [5.74, 6) is 1.35. The van der Waals surface area contributed by atoms with Gasteiger partial charge in [0, 0.05) is 32.4 Å². The molecule has 1 heterocycles. The highest BCUT2D eigenvalue weighted by Gasteiger charge is 2.22. The molecule has 7 nitrogen and oxygen atoms in total. The second-order valence-corrected chi connectivity index (χ2v) is 8.12. The molecule has 0 radical (unpaired) electrons. The van der Waals surface area contributed by atoms with Gasteiger partial charge in [-0.1, -0.05) is 26.2 Å². The maximum Gasteiger partial charge on any atom is 0.144 e. The zero-order valence-corrected chi connectivity index (χ0v) is 18.4. The van der Waals surface area contributed by atoms with E-state index in [0.29, 0.717) is 29.9 Å². The minimum atomic E-state index is -0.856. The number of anilines is 1. The molecule has 0 bridgehead atoms. The van der Waals surface area contributed by atoms with Crippen LogP contribution in [0, 0.1) is 12.8 Å². The number of pyridine rings is 1. The first-order valence-corrected chi connectivity index (χ1v) is 10.9. The number of nitrogens with zero attached hydrogens (tertiary/aromatic N) is 2. The molecule has 0 spiro atoms. The van der Waals surface area contributed by atoms with Gasteiger partial charge in [0.05, 0.1) is 11.7 Å². The fourth-order valence-corrected chi connectivity index (χ4v) is 3.98. The molecular weight excluding hydrogens is 366 g/mol. The minimum absolute atomic E-state index is 0.0574. The summed E-state index contributed by atoms with van der Waals surface area (Å²) in [6.45, 7) is 7.34. The molecule has 1 saturated carbocycles. The molecule has 3 unspecified atom stereocenters. The molecule has 1 aromatic heterocycles. The number of amidine groups is 1. The fourth-order valence-electron chi connectivity index (χ4n) is 3.98. The lowest BCUT2D eigenvalue weighted by molar-refractivity contribution is 0.0583. The van der Waals surface area contributed by atoms with E-state index in [9.17, 15) is 5.11 Å². The highest BCUT2D eigenvalue weighted by molar-refractivity contribution is 6.01. The third-order valence-corrected chi connectivity index (χ3v) is 5.72. The van der Waals surface area contributed by atoms with Crippen molar-refractivity contribution in [3.8, 4) is 0 Å². The Balaban J connectivity index is 2.01. The molecule has 5 N–H and O–H groups in total. The van der Waals surface area contributed by atoms with E-state index in [1.54, 1.807) is 20.2 Å². The number of nitrogens with one attached hydrogen (secondary N) is 2. The van der Waals surface area contributed by atoms with Gasteiger partial charge in [0.1, 0.15) is 17.9 Å². The van der Waals surface area contributed by atoms with Gasteiger partial charge >= 0.3 is 0 Å². The normalized spacial score (nSPS) is 19.0. The van der Waals surface area contributed by atoms with Crippen LogP contribution in [-0.2, 0) is 4.74 Å². The molecule has 2 rings (SSSR count). The van der Waals surface area contributed by atoms with E-state index in [-0.39, 0.29) is 11.9 Å². The molecule has 1 aromatic rings. The lowest BCUT2D eigenvalue weighted by atomic mass is 9.93. The van der Waals surface area contributed by atoms with Crippen molar-refractivity contribution in [1.82, 2.24) is 10.3 Å². The third-order valence-electron chi connectivity index (χ3n) is 5.72. The van der Waals surface area contributed by atoms with Crippen LogP contribution in [0.1, 0.15) is 63.5 Å². The molecule has 7 heteroatoms. The summed E-state index contributed by atoms with van der Waals surface area (Å²) in [4.78, 5) is 8.55. The molecule has 3 atom stereocenters. The van der Waals surface area contributed by atoms with E-state index >= 15 is 0 Å². The van der Waals surface area contributed by atoms with Gasteiger partial charge in [-0.3, -0.25) is 0 Å². The molecule has 0 amide bonds. The topological polar surface area (TPSA) is 105 Å². The Morgan fingerprint density at radius 1 is 1.34 bits per heavy atom. The smallest absolute Gasteiger partial charge is 0.144 e. The first-order valence-electron chi connectivity index (χ1n) is 10.9. The van der Waals surface area contributed by atoms with E-state index in [2.05, 4.69) is 27.5 Å². The predicted molar refractivity (Wildman–Crippen MR) is 119 cm³/mol. The number of ether oxygens (including phenoxy) is 1. The summed E-state index contributed by atoms with van der Waals surface area (Å²) < 4.78 is 5.82. The number of methoxy groups -OCH3 is 1. The Hall–Kier alpha value is -1.70. The number of nitrogens with two attached hydrogens (primary N) is 1. The average Bonchev–Trinajstić information content (AvgIpc) is 2.71. The number of aliphatic imine (C=N–C) groups is 1. The van der Waals surface area contributed by atoms with E-state index < -0.39 is 6.23 Å². The van der Waals surface area contributed by atoms with Gasteiger partial charge in [-0.15, -0.1) is 0 Å². The van der Waals surface area contributed by atoms with Gasteiger partial charge in [0.2, 0.25) is 0 Å². The first kappa shape index (κ1) is 23.6. The molecule has 0 aromatic carbocycles. The maximum absolute atomic E-state index is 9.54. The molecule has 29 heavy (non-hydrogen) atoms. The number of aliphatic hydroxyl groups excluding tert-OH is 1. The Morgan fingerprint density at radius 3 is 2.69 bits per heavy atom. The zero-order chi connectivity index (χ0) is 21.2. The fraction of sp³-hybridized carbons (Fsp3) is 0.727. The average molecular weight is 406 g/mol. The van der Waals surface area contributed by atoms with Crippen LogP contribution in [0.15, 0.2) is 17.3 Å². The van der Waals surface area contributed by atoms with Crippen LogP contribution in [-0.4, -0.2) is 54.5 Å². The van der Waals surface area contributed by atoms with Crippen LogP contribution in [0.5, 0.6) is 0 Å². The molecular formula is C22H39N5O2. The quantitative estimate of drug-likeness (QED) is 0.333. The largest absolute Gasteiger partial charge is 0.383 e. The van der Waals surface area contributed by atoms with Crippen LogP contribution in [0.4, 0.5) is 5.82 Å². The molecule has 0 aliphatic heterocycles. The van der Waals surface area contributed by atoms with Gasteiger partial charge < -0.3 is 26.2 Å². The van der Waals surface area contributed by atoms with Crippen LogP contribution < -0.4 is 16.4 Å². The van der Waals surface area contributed by atoms with Crippen LogP contribution >= 0.6 is 0 Å². The predicted octanol–water partition coefficient (Wildman–Crippen LogP) is 2.81. The van der Waals surface area contributed by atoms with Crippen molar-refractivity contribution in [1.29, 1.82) is 0 Å². The number of aliphatic hydroxyl groups is 1. The van der Waals surface area contributed by atoms with Crippen molar-refractivity contribution in [3.63, 3.8) is 0 Å². The lowest BCUT2D eigenvalue weighted by Crippen LogP contribution is -2.41. The van der Waals surface area contributed by atoms with Crippen molar-refractivity contribution >= 4 is 11.7 Å². The molecule has 1 fully saturated rings. The summed E-state index contributed by atoms with van der Waals surface area (Å²) >= 11 is 0. The van der Waals surface area contributed by atoms with Crippen LogP contribution in [0.25, 0.3) is 0 Å². The molecule has 164 valence electrons. The first-order chi connectivity index (χ1) is 13.9. The maximum atomic E-state index is 9.54. The Kier molecular flexibility index (Phi) is 9.84. The van der Waals surface area contributed by atoms with Crippen LogP contribution in [0.3, 0.4) is 0 Å². The molecule has 0 saturated heterocycles. The van der Waals surface area contributed by atoms with E-state index in [1.807, 2.05) is 13.0 Å². The van der Waals surface area contributed by atoms with Crippen molar-refractivity contribution < 1.29 is 9.84 Å². The summed E-state index contributed by atoms with van der Waals surface area (Å²) in [6.07, 6.45) is 8.64. The zero-order valence-electron chi connectivity index (χ0n) is 18.4. The van der Waals surface area contributed by atoms with E-state index in [0.717, 1.165) is 18.5 Å². The second-order valence-electron chi connectivity index (χ2n) is 8.12. The van der Waals surface area contributed by atoms with Crippen molar-refractivity contribution in [2.75, 3.05) is 25.5 Å². The van der Waals surface area contributed by atoms with Gasteiger partial charge in [0.15, 0.2) is 0 Å². The van der Waals surface area contributed by atoms with Crippen LogP contribution in [0.2, 0.25) is 0 Å². The SMILES string of the molecule is CCC(CNC1CCCCC1)C(CNc1ncc(C)cc1C(N)=NC(C)O)OC. The van der Waals surface area contributed by atoms with Gasteiger partial charge in [0.25, 0.3) is 0 Å². The number of aryl methyl sites for hydroxylation is 1. The highest BCUT2D eigenvalue weighted by Crippen LogP contribution is 2.20. The Morgan fingerprint density at radius 2 is 2.07 bits per heavy atom. The summed E-state index contributed by atoms with van der Waals surface area (Å²) in [5.41, 5.74) is 7.78. The third kappa shape index (κ3) is 7.57. The summed E-state index contributed by atoms with van der Waals surface area (Å²) in [6, 6.07) is 2.57. The number of hydrogen-bond donors (Lipinski definition) is 4. The number of aromatic nitrogens is 1. The van der Waals surface area contributed by atoms with E-state index in [4.69, 9.17) is 10.5 Å². The lowest BCUT2D eigenvalue weighted by Gasteiger charge is -2.29. The second kappa shape index (κ2) is 12.1.